The van der Waals surface area contributed by atoms with Crippen LogP contribution in [-0.2, 0) is 22.8 Å². The van der Waals surface area contributed by atoms with Gasteiger partial charge < -0.3 is 10.1 Å². The largest absolute Gasteiger partial charge is 0.444 e. The first-order valence-electron chi connectivity index (χ1n) is 9.73. The first-order valence-corrected chi connectivity index (χ1v) is 9.73. The highest BCUT2D eigenvalue weighted by molar-refractivity contribution is 5.91. The van der Waals surface area contributed by atoms with Crippen molar-refractivity contribution in [1.29, 1.82) is 0 Å². The van der Waals surface area contributed by atoms with Gasteiger partial charge in [0, 0.05) is 18.3 Å². The third kappa shape index (κ3) is 4.72. The monoisotopic (exact) mass is 415 g/mol. The minimum atomic E-state index is -0.954. The van der Waals surface area contributed by atoms with Gasteiger partial charge in [-0.25, -0.2) is 19.2 Å². The molecule has 2 aromatic rings. The molecule has 1 aliphatic rings. The normalized spacial score (nSPS) is 18.5. The summed E-state index contributed by atoms with van der Waals surface area (Å²) in [5, 5.41) is 2.84. The Morgan fingerprint density at radius 3 is 2.57 bits per heavy atom. The number of amides is 2. The molecule has 0 spiro atoms. The Labute approximate surface area is 174 Å². The fourth-order valence-corrected chi connectivity index (χ4v) is 3.07. The van der Waals surface area contributed by atoms with Crippen molar-refractivity contribution in [2.45, 2.75) is 58.5 Å². The summed E-state index contributed by atoms with van der Waals surface area (Å²) in [6.07, 6.45) is 3.01. The van der Waals surface area contributed by atoms with Crippen LogP contribution in [0.25, 0.3) is 11.3 Å². The van der Waals surface area contributed by atoms with E-state index >= 15 is 0 Å². The molecule has 1 atom stereocenters. The molecule has 1 N–H and O–H groups in total. The van der Waals surface area contributed by atoms with Crippen LogP contribution in [0.15, 0.2) is 30.7 Å². The van der Waals surface area contributed by atoms with E-state index in [0.29, 0.717) is 30.0 Å². The minimum absolute atomic E-state index is 0.183. The van der Waals surface area contributed by atoms with Crippen LogP contribution in [0.2, 0.25) is 0 Å². The summed E-state index contributed by atoms with van der Waals surface area (Å²) in [7, 11) is 0. The Bertz CT molecular complexity index is 929. The van der Waals surface area contributed by atoms with Gasteiger partial charge in [0.25, 0.3) is 0 Å². The van der Waals surface area contributed by atoms with Crippen molar-refractivity contribution < 1.29 is 18.7 Å². The number of alkyl halides is 1. The number of ether oxygens (including phenoxy) is 1. The summed E-state index contributed by atoms with van der Waals surface area (Å²) in [5.41, 5.74) is 0.725. The number of hydrogen-bond acceptors (Lipinski definition) is 6. The van der Waals surface area contributed by atoms with E-state index in [4.69, 9.17) is 4.74 Å². The number of pyridine rings is 1. The van der Waals surface area contributed by atoms with Crippen LogP contribution in [0.1, 0.15) is 45.5 Å². The van der Waals surface area contributed by atoms with E-state index in [9.17, 15) is 14.0 Å². The smallest absolute Gasteiger partial charge is 0.411 e. The van der Waals surface area contributed by atoms with Gasteiger partial charge in [-0.2, -0.15) is 0 Å². The maximum Gasteiger partial charge on any atom is 0.411 e. The molecule has 1 unspecified atom stereocenters. The van der Waals surface area contributed by atoms with Crippen LogP contribution in [0, 0.1) is 0 Å². The zero-order valence-corrected chi connectivity index (χ0v) is 17.6. The minimum Gasteiger partial charge on any atom is -0.444 e. The summed E-state index contributed by atoms with van der Waals surface area (Å²) in [6, 6.07) is 5.07. The van der Waals surface area contributed by atoms with Gasteiger partial charge in [0.15, 0.2) is 0 Å². The molecule has 0 aliphatic carbocycles. The lowest BCUT2D eigenvalue weighted by Gasteiger charge is -2.48. The molecule has 1 fully saturated rings. The Morgan fingerprint density at radius 1 is 1.23 bits per heavy atom. The predicted molar refractivity (Wildman–Crippen MR) is 108 cm³/mol. The fourth-order valence-electron chi connectivity index (χ4n) is 3.07. The van der Waals surface area contributed by atoms with Crippen LogP contribution in [0.5, 0.6) is 0 Å². The second-order valence-electron chi connectivity index (χ2n) is 8.40. The van der Waals surface area contributed by atoms with Crippen LogP contribution in [-0.4, -0.2) is 49.5 Å². The van der Waals surface area contributed by atoms with E-state index in [1.165, 1.54) is 11.2 Å². The van der Waals surface area contributed by atoms with E-state index < -0.39 is 23.9 Å². The summed E-state index contributed by atoms with van der Waals surface area (Å²) in [5.74, 6) is -0.270. The number of nitrogens with zero attached hydrogens (tertiary/aromatic N) is 4. The number of carbonyl (C=O) groups is 2. The number of rotatable bonds is 5. The van der Waals surface area contributed by atoms with Gasteiger partial charge in [0.2, 0.25) is 5.91 Å². The zero-order chi connectivity index (χ0) is 21.9. The number of halogens is 1. The Balaban J connectivity index is 1.64. The standard InChI is InChI=1S/C21H26FN5O3/c1-20(2,3)30-19(29)27-8-7-21(27,4)18(28)24-12-16-9-17(26-13-25-16)14-5-6-15(10-22)23-11-14/h5-6,9,11,13H,7-8,10,12H2,1-4H3,(H,24,28). The molecule has 3 rings (SSSR count). The van der Waals surface area contributed by atoms with Gasteiger partial charge in [0.05, 0.1) is 23.6 Å². The number of carbonyl (C=O) groups excluding carboxylic acids is 2. The summed E-state index contributed by atoms with van der Waals surface area (Å²) in [6.45, 7) is 7.11. The second-order valence-corrected chi connectivity index (χ2v) is 8.40. The van der Waals surface area contributed by atoms with Gasteiger partial charge in [-0.15, -0.1) is 0 Å². The third-order valence-corrected chi connectivity index (χ3v) is 4.93. The van der Waals surface area contributed by atoms with E-state index in [0.717, 1.165) is 5.56 Å². The molecule has 30 heavy (non-hydrogen) atoms. The van der Waals surface area contributed by atoms with Crippen molar-refractivity contribution >= 4 is 12.0 Å². The summed E-state index contributed by atoms with van der Waals surface area (Å²) < 4.78 is 18.0. The molecule has 160 valence electrons. The van der Waals surface area contributed by atoms with Gasteiger partial charge in [0.1, 0.15) is 24.1 Å². The van der Waals surface area contributed by atoms with Crippen LogP contribution < -0.4 is 5.32 Å². The molecule has 2 amide bonds. The number of nitrogens with one attached hydrogen (secondary N) is 1. The molecule has 8 nitrogen and oxygen atoms in total. The average Bonchev–Trinajstić information content (AvgIpc) is 2.69. The molecule has 0 bridgehead atoms. The van der Waals surface area contributed by atoms with E-state index in [-0.39, 0.29) is 12.5 Å². The molecule has 0 saturated carbocycles. The van der Waals surface area contributed by atoms with E-state index in [1.54, 1.807) is 52.1 Å². The van der Waals surface area contributed by atoms with Crippen molar-refractivity contribution in [3.63, 3.8) is 0 Å². The maximum absolute atomic E-state index is 12.8. The first kappa shape index (κ1) is 21.6. The lowest BCUT2D eigenvalue weighted by atomic mass is 9.86. The number of aromatic nitrogens is 3. The summed E-state index contributed by atoms with van der Waals surface area (Å²) in [4.78, 5) is 39.0. The fraction of sp³-hybridized carbons (Fsp3) is 0.476. The quantitative estimate of drug-likeness (QED) is 0.806. The molecule has 3 heterocycles. The van der Waals surface area contributed by atoms with E-state index in [1.807, 2.05) is 0 Å². The molecular weight excluding hydrogens is 389 g/mol. The first-order chi connectivity index (χ1) is 14.1. The molecule has 0 radical (unpaired) electrons. The zero-order valence-electron chi connectivity index (χ0n) is 17.6. The Kier molecular flexibility index (Phi) is 6.00. The molecule has 0 aromatic carbocycles. The van der Waals surface area contributed by atoms with Gasteiger partial charge in [-0.05, 0) is 52.3 Å². The predicted octanol–water partition coefficient (Wildman–Crippen LogP) is 3.02. The third-order valence-electron chi connectivity index (χ3n) is 4.93. The number of hydrogen-bond donors (Lipinski definition) is 1. The van der Waals surface area contributed by atoms with Crippen molar-refractivity contribution in [1.82, 2.24) is 25.2 Å². The van der Waals surface area contributed by atoms with Crippen LogP contribution in [0.4, 0.5) is 9.18 Å². The summed E-state index contributed by atoms with van der Waals surface area (Å²) >= 11 is 0. The highest BCUT2D eigenvalue weighted by Crippen LogP contribution is 2.32. The van der Waals surface area contributed by atoms with Crippen LogP contribution in [0.3, 0.4) is 0 Å². The maximum atomic E-state index is 12.8. The van der Waals surface area contributed by atoms with Gasteiger partial charge >= 0.3 is 6.09 Å². The SMILES string of the molecule is CC(C)(C)OC(=O)N1CCC1(C)C(=O)NCc1cc(-c2ccc(CF)nc2)ncn1. The lowest BCUT2D eigenvalue weighted by Crippen LogP contribution is -2.67. The lowest BCUT2D eigenvalue weighted by molar-refractivity contribution is -0.140. The Morgan fingerprint density at radius 2 is 2.00 bits per heavy atom. The van der Waals surface area contributed by atoms with Gasteiger partial charge in [-0.1, -0.05) is 0 Å². The van der Waals surface area contributed by atoms with Crippen molar-refractivity contribution in [3.05, 3.63) is 42.1 Å². The molecule has 2 aromatic heterocycles. The topological polar surface area (TPSA) is 97.3 Å². The van der Waals surface area contributed by atoms with Crippen molar-refractivity contribution in [2.75, 3.05) is 6.54 Å². The van der Waals surface area contributed by atoms with Crippen LogP contribution >= 0.6 is 0 Å². The molecule has 1 saturated heterocycles. The molecule has 1 aliphatic heterocycles. The average molecular weight is 415 g/mol. The molecule has 9 heteroatoms. The van der Waals surface area contributed by atoms with Gasteiger partial charge in [-0.3, -0.25) is 14.7 Å². The van der Waals surface area contributed by atoms with Crippen molar-refractivity contribution in [2.24, 2.45) is 0 Å². The molecular formula is C21H26FN5O3. The van der Waals surface area contributed by atoms with Crippen molar-refractivity contribution in [3.8, 4) is 11.3 Å². The Hall–Kier alpha value is -3.10. The van der Waals surface area contributed by atoms with E-state index in [2.05, 4.69) is 20.3 Å². The second kappa shape index (κ2) is 8.33. The number of likely N-dealkylation sites (tertiary alicyclic amines) is 1. The highest BCUT2D eigenvalue weighted by Gasteiger charge is 2.50. The highest BCUT2D eigenvalue weighted by atomic mass is 19.1.